The quantitative estimate of drug-likeness (QED) is 0.779. The predicted octanol–water partition coefficient (Wildman–Crippen LogP) is 1.89. The molecule has 1 fully saturated rings. The monoisotopic (exact) mass is 217 g/mol. The molecule has 0 radical (unpaired) electrons. The van der Waals surface area contributed by atoms with E-state index in [1.165, 1.54) is 12.1 Å². The van der Waals surface area contributed by atoms with E-state index in [2.05, 4.69) is 0 Å². The van der Waals surface area contributed by atoms with Gasteiger partial charge in [-0.3, -0.25) is 0 Å². The third-order valence-electron chi connectivity index (χ3n) is 2.49. The minimum atomic E-state index is -4.36. The van der Waals surface area contributed by atoms with Crippen LogP contribution in [0.2, 0.25) is 0 Å². The van der Waals surface area contributed by atoms with Crippen LogP contribution in [0.4, 0.5) is 13.2 Å². The van der Waals surface area contributed by atoms with Crippen LogP contribution in [0.5, 0.6) is 0 Å². The first-order valence-corrected chi connectivity index (χ1v) is 4.47. The zero-order valence-corrected chi connectivity index (χ0v) is 7.84. The van der Waals surface area contributed by atoms with Gasteiger partial charge in [-0.1, -0.05) is 18.2 Å². The molecule has 0 bridgehead atoms. The number of hydrogen-bond donors (Lipinski definition) is 1. The highest BCUT2D eigenvalue weighted by Crippen LogP contribution is 2.38. The van der Waals surface area contributed by atoms with Gasteiger partial charge < -0.3 is 10.5 Å². The minimum Gasteiger partial charge on any atom is -0.377 e. The van der Waals surface area contributed by atoms with Crippen LogP contribution in [0.1, 0.15) is 11.1 Å². The van der Waals surface area contributed by atoms with Crippen LogP contribution in [0, 0.1) is 0 Å². The van der Waals surface area contributed by atoms with Crippen LogP contribution in [-0.4, -0.2) is 13.2 Å². The Morgan fingerprint density at radius 3 is 2.27 bits per heavy atom. The minimum absolute atomic E-state index is 0.115. The predicted molar refractivity (Wildman–Crippen MR) is 48.1 cm³/mol. The van der Waals surface area contributed by atoms with Gasteiger partial charge in [-0.2, -0.15) is 13.2 Å². The smallest absolute Gasteiger partial charge is 0.377 e. The zero-order chi connectivity index (χ0) is 11.1. The molecule has 15 heavy (non-hydrogen) atoms. The molecule has 0 aliphatic carbocycles. The average Bonchev–Trinajstić information content (AvgIpc) is 2.13. The summed E-state index contributed by atoms with van der Waals surface area (Å²) < 4.78 is 42.8. The number of halogens is 3. The molecule has 2 rings (SSSR count). The van der Waals surface area contributed by atoms with E-state index in [1.807, 2.05) is 0 Å². The topological polar surface area (TPSA) is 35.2 Å². The van der Waals surface area contributed by atoms with E-state index in [1.54, 1.807) is 6.07 Å². The molecular weight excluding hydrogens is 207 g/mol. The molecule has 0 aromatic heterocycles. The summed E-state index contributed by atoms with van der Waals surface area (Å²) in [5.41, 5.74) is 4.26. The van der Waals surface area contributed by atoms with Crippen LogP contribution < -0.4 is 5.73 Å². The van der Waals surface area contributed by atoms with Crippen molar-refractivity contribution in [1.29, 1.82) is 0 Å². The van der Waals surface area contributed by atoms with Crippen LogP contribution in [-0.2, 0) is 16.5 Å². The van der Waals surface area contributed by atoms with E-state index >= 15 is 0 Å². The van der Waals surface area contributed by atoms with Gasteiger partial charge >= 0.3 is 6.18 Å². The Labute approximate surface area is 84.8 Å². The Balaban J connectivity index is 2.47. The summed E-state index contributed by atoms with van der Waals surface area (Å²) in [6.45, 7) is 0.278. The lowest BCUT2D eigenvalue weighted by molar-refractivity contribution is -0.141. The summed E-state index contributed by atoms with van der Waals surface area (Å²) >= 11 is 0. The van der Waals surface area contributed by atoms with Crippen molar-refractivity contribution in [1.82, 2.24) is 0 Å². The normalized spacial score (nSPS) is 19.7. The van der Waals surface area contributed by atoms with Crippen LogP contribution >= 0.6 is 0 Å². The zero-order valence-electron chi connectivity index (χ0n) is 7.84. The summed E-state index contributed by atoms with van der Waals surface area (Å²) in [5, 5.41) is 0. The largest absolute Gasteiger partial charge is 0.416 e. The molecule has 0 unspecified atom stereocenters. The molecule has 0 atom stereocenters. The van der Waals surface area contributed by atoms with Crippen LogP contribution in [0.25, 0.3) is 0 Å². The first-order chi connectivity index (χ1) is 6.93. The molecule has 1 heterocycles. The van der Waals surface area contributed by atoms with Crippen molar-refractivity contribution < 1.29 is 17.9 Å². The molecule has 2 nitrogen and oxygen atoms in total. The number of nitrogens with two attached hydrogens (primary N) is 1. The number of alkyl halides is 3. The highest BCUT2D eigenvalue weighted by atomic mass is 19.4. The van der Waals surface area contributed by atoms with E-state index in [0.29, 0.717) is 0 Å². The molecule has 1 aromatic carbocycles. The van der Waals surface area contributed by atoms with Gasteiger partial charge in [-0.15, -0.1) is 0 Å². The van der Waals surface area contributed by atoms with Crippen molar-refractivity contribution in [3.63, 3.8) is 0 Å². The summed E-state index contributed by atoms with van der Waals surface area (Å²) in [4.78, 5) is 0. The van der Waals surface area contributed by atoms with Gasteiger partial charge in [0, 0.05) is 0 Å². The van der Waals surface area contributed by atoms with Gasteiger partial charge in [0.2, 0.25) is 0 Å². The SMILES string of the molecule is NC1(c2ccccc2C(F)(F)F)COC1. The first-order valence-electron chi connectivity index (χ1n) is 4.47. The molecule has 2 N–H and O–H groups in total. The van der Waals surface area contributed by atoms with Crippen LogP contribution in [0.15, 0.2) is 24.3 Å². The molecular formula is C10H10F3NO. The molecule has 0 spiro atoms. The number of benzene rings is 1. The number of rotatable bonds is 1. The lowest BCUT2D eigenvalue weighted by atomic mass is 9.85. The Morgan fingerprint density at radius 2 is 1.80 bits per heavy atom. The van der Waals surface area contributed by atoms with Gasteiger partial charge in [0.1, 0.15) is 0 Å². The van der Waals surface area contributed by atoms with Crippen molar-refractivity contribution >= 4 is 0 Å². The Bertz CT molecular complexity index is 371. The Morgan fingerprint density at radius 1 is 1.20 bits per heavy atom. The molecule has 0 saturated carbocycles. The number of hydrogen-bond acceptors (Lipinski definition) is 2. The summed E-state index contributed by atoms with van der Waals surface area (Å²) in [7, 11) is 0. The van der Waals surface area contributed by atoms with E-state index in [-0.39, 0.29) is 18.8 Å². The van der Waals surface area contributed by atoms with Gasteiger partial charge in [0.25, 0.3) is 0 Å². The van der Waals surface area contributed by atoms with Crippen molar-refractivity contribution in [2.24, 2.45) is 5.73 Å². The van der Waals surface area contributed by atoms with E-state index in [0.717, 1.165) is 6.07 Å². The standard InChI is InChI=1S/C10H10F3NO/c11-10(12,13)8-4-2-1-3-7(8)9(14)5-15-6-9/h1-4H,5-6,14H2. The third-order valence-corrected chi connectivity index (χ3v) is 2.49. The Kier molecular flexibility index (Phi) is 2.24. The van der Waals surface area contributed by atoms with Gasteiger partial charge in [0.05, 0.1) is 24.3 Å². The summed E-state index contributed by atoms with van der Waals surface area (Å²) in [6, 6.07) is 5.36. The second-order valence-corrected chi connectivity index (χ2v) is 3.69. The maximum atomic E-state index is 12.6. The second-order valence-electron chi connectivity index (χ2n) is 3.69. The van der Waals surface area contributed by atoms with Crippen molar-refractivity contribution in [3.8, 4) is 0 Å². The fourth-order valence-corrected chi connectivity index (χ4v) is 1.64. The molecule has 1 aromatic rings. The van der Waals surface area contributed by atoms with Crippen molar-refractivity contribution in [3.05, 3.63) is 35.4 Å². The molecule has 5 heteroatoms. The highest BCUT2D eigenvalue weighted by Gasteiger charge is 2.43. The molecule has 1 saturated heterocycles. The summed E-state index contributed by atoms with van der Waals surface area (Å²) in [5.74, 6) is 0. The van der Waals surface area contributed by atoms with E-state index in [9.17, 15) is 13.2 Å². The molecule has 1 aliphatic rings. The lowest BCUT2D eigenvalue weighted by Gasteiger charge is -2.39. The van der Waals surface area contributed by atoms with Gasteiger partial charge in [0.15, 0.2) is 0 Å². The third kappa shape index (κ3) is 1.72. The highest BCUT2D eigenvalue weighted by molar-refractivity contribution is 5.37. The van der Waals surface area contributed by atoms with Crippen molar-refractivity contribution in [2.45, 2.75) is 11.7 Å². The Hall–Kier alpha value is -1.07. The van der Waals surface area contributed by atoms with E-state index in [4.69, 9.17) is 10.5 Å². The number of ether oxygens (including phenoxy) is 1. The average molecular weight is 217 g/mol. The van der Waals surface area contributed by atoms with Gasteiger partial charge in [-0.25, -0.2) is 0 Å². The fraction of sp³-hybridized carbons (Fsp3) is 0.400. The first kappa shape index (κ1) is 10.4. The molecule has 82 valence electrons. The molecule has 0 amide bonds. The lowest BCUT2D eigenvalue weighted by Crippen LogP contribution is -2.55. The fourth-order valence-electron chi connectivity index (χ4n) is 1.64. The molecule has 1 aliphatic heterocycles. The van der Waals surface area contributed by atoms with Crippen LogP contribution in [0.3, 0.4) is 0 Å². The van der Waals surface area contributed by atoms with E-state index < -0.39 is 17.3 Å². The maximum Gasteiger partial charge on any atom is 0.416 e. The van der Waals surface area contributed by atoms with Crippen molar-refractivity contribution in [2.75, 3.05) is 13.2 Å². The summed E-state index contributed by atoms with van der Waals surface area (Å²) in [6.07, 6.45) is -4.36. The van der Waals surface area contributed by atoms with Gasteiger partial charge in [-0.05, 0) is 11.6 Å². The maximum absolute atomic E-state index is 12.6. The second kappa shape index (κ2) is 3.21.